The van der Waals surface area contributed by atoms with Gasteiger partial charge in [-0.3, -0.25) is 0 Å². The fraction of sp³-hybridized carbons (Fsp3) is 0. The largest absolute Gasteiger partial charge is 0.508 e. The van der Waals surface area contributed by atoms with E-state index in [1.54, 1.807) is 0 Å². The predicted molar refractivity (Wildman–Crippen MR) is 77.8 cm³/mol. The van der Waals surface area contributed by atoms with E-state index in [1.165, 1.54) is 0 Å². The molecule has 2 aromatic carbocycles. The molecule has 2 rings (SSSR count). The second-order valence-corrected chi connectivity index (χ2v) is 4.69. The Balaban J connectivity index is 2.97. The van der Waals surface area contributed by atoms with Crippen LogP contribution in [0.4, 0.5) is 0 Å². The molecule has 0 saturated heterocycles. The van der Waals surface area contributed by atoms with Gasteiger partial charge < -0.3 is 30.6 Å². The van der Waals surface area contributed by atoms with E-state index in [9.17, 15) is 39.9 Å². The van der Waals surface area contributed by atoms with Gasteiger partial charge in [-0.1, -0.05) is 6.07 Å². The van der Waals surface area contributed by atoms with Crippen molar-refractivity contribution in [1.29, 1.82) is 0 Å². The average molecular weight is 334 g/mol. The monoisotopic (exact) mass is 334 g/mol. The second kappa shape index (κ2) is 5.80. The first-order valence-corrected chi connectivity index (χ1v) is 6.27. The number of hydrogen-bond donors (Lipinski definition) is 6. The Morgan fingerprint density at radius 2 is 1.21 bits per heavy atom. The summed E-state index contributed by atoms with van der Waals surface area (Å²) >= 11 is 0. The van der Waals surface area contributed by atoms with Crippen LogP contribution < -0.4 is 0 Å². The summed E-state index contributed by atoms with van der Waals surface area (Å²) in [5.41, 5.74) is -3.55. The van der Waals surface area contributed by atoms with Crippen molar-refractivity contribution in [1.82, 2.24) is 0 Å². The van der Waals surface area contributed by atoms with Crippen LogP contribution in [0.5, 0.6) is 17.2 Å². The molecule has 0 bridgehead atoms. The summed E-state index contributed by atoms with van der Waals surface area (Å²) in [6, 6.07) is 3.42. The Morgan fingerprint density at radius 3 is 1.62 bits per heavy atom. The summed E-state index contributed by atoms with van der Waals surface area (Å²) < 4.78 is 0. The molecule has 9 nitrogen and oxygen atoms in total. The zero-order valence-corrected chi connectivity index (χ0v) is 11.7. The van der Waals surface area contributed by atoms with Crippen molar-refractivity contribution >= 4 is 17.9 Å². The number of hydrogen-bond acceptors (Lipinski definition) is 6. The molecule has 0 atom stereocenters. The molecule has 6 N–H and O–H groups in total. The normalized spacial score (nSPS) is 10.3. The highest BCUT2D eigenvalue weighted by Crippen LogP contribution is 2.42. The molecule has 9 heteroatoms. The Bertz CT molecular complexity index is 860. The van der Waals surface area contributed by atoms with Gasteiger partial charge in [0.25, 0.3) is 0 Å². The van der Waals surface area contributed by atoms with Crippen LogP contribution >= 0.6 is 0 Å². The smallest absolute Gasteiger partial charge is 0.337 e. The fourth-order valence-corrected chi connectivity index (χ4v) is 2.31. The molecular weight excluding hydrogens is 324 g/mol. The maximum Gasteiger partial charge on any atom is 0.337 e. The van der Waals surface area contributed by atoms with Crippen LogP contribution in [0.15, 0.2) is 24.3 Å². The van der Waals surface area contributed by atoms with Gasteiger partial charge in [0, 0.05) is 17.7 Å². The van der Waals surface area contributed by atoms with Crippen LogP contribution in [0.1, 0.15) is 31.1 Å². The lowest BCUT2D eigenvalue weighted by Gasteiger charge is -2.14. The van der Waals surface area contributed by atoms with Crippen molar-refractivity contribution in [2.24, 2.45) is 0 Å². The number of rotatable bonds is 4. The molecule has 0 spiro atoms. The van der Waals surface area contributed by atoms with Crippen LogP contribution in [0.3, 0.4) is 0 Å². The van der Waals surface area contributed by atoms with E-state index in [4.69, 9.17) is 5.11 Å². The van der Waals surface area contributed by atoms with Crippen molar-refractivity contribution in [2.45, 2.75) is 0 Å². The summed E-state index contributed by atoms with van der Waals surface area (Å²) in [7, 11) is 0. The van der Waals surface area contributed by atoms with Crippen LogP contribution in [0.2, 0.25) is 0 Å². The molecule has 0 aliphatic rings. The molecule has 0 saturated carbocycles. The third-order valence-corrected chi connectivity index (χ3v) is 3.21. The van der Waals surface area contributed by atoms with E-state index in [-0.39, 0.29) is 0 Å². The molecule has 2 aromatic rings. The molecule has 24 heavy (non-hydrogen) atoms. The molecule has 0 aliphatic heterocycles. The number of phenolic OH excluding ortho intramolecular Hbond substituents is 3. The zero-order valence-electron chi connectivity index (χ0n) is 11.7. The van der Waals surface area contributed by atoms with Gasteiger partial charge in [0.1, 0.15) is 17.2 Å². The minimum atomic E-state index is -1.80. The summed E-state index contributed by atoms with van der Waals surface area (Å²) in [4.78, 5) is 34.0. The number of carboxylic acid groups (broad SMARTS) is 3. The number of phenols is 3. The number of aromatic carboxylic acids is 3. The van der Waals surface area contributed by atoms with E-state index < -0.39 is 63.0 Å². The van der Waals surface area contributed by atoms with Gasteiger partial charge in [0.2, 0.25) is 0 Å². The standard InChI is InChI=1S/C15H10O9/c16-5-3-8(17)10(9(18)4-5)6-1-2-7(13(19)20)12(15(23)24)11(6)14(21)22/h1-4,16-18H,(H,19,20)(H,21,22)(H,23,24). The molecule has 0 aromatic heterocycles. The lowest BCUT2D eigenvalue weighted by atomic mass is 9.90. The van der Waals surface area contributed by atoms with E-state index in [0.29, 0.717) is 0 Å². The van der Waals surface area contributed by atoms with Crippen LogP contribution in [-0.4, -0.2) is 48.5 Å². The number of benzene rings is 2. The average Bonchev–Trinajstić information content (AvgIpc) is 2.44. The number of carbonyl (C=O) groups is 3. The molecule has 0 fully saturated rings. The van der Waals surface area contributed by atoms with Crippen molar-refractivity contribution < 1.29 is 45.0 Å². The molecule has 0 aliphatic carbocycles. The first kappa shape index (κ1) is 16.6. The number of aromatic hydroxyl groups is 3. The summed E-state index contributed by atoms with van der Waals surface area (Å²) in [6.45, 7) is 0. The second-order valence-electron chi connectivity index (χ2n) is 4.69. The van der Waals surface area contributed by atoms with Crippen molar-refractivity contribution in [3.8, 4) is 28.4 Å². The lowest BCUT2D eigenvalue weighted by molar-refractivity contribution is 0.0633. The highest BCUT2D eigenvalue weighted by Gasteiger charge is 2.29. The van der Waals surface area contributed by atoms with Gasteiger partial charge >= 0.3 is 17.9 Å². The molecule has 0 amide bonds. The Morgan fingerprint density at radius 1 is 0.708 bits per heavy atom. The minimum Gasteiger partial charge on any atom is -0.508 e. The van der Waals surface area contributed by atoms with Gasteiger partial charge in [-0.05, 0) is 6.07 Å². The van der Waals surface area contributed by atoms with Crippen molar-refractivity contribution in [2.75, 3.05) is 0 Å². The maximum absolute atomic E-state index is 11.5. The first-order chi connectivity index (χ1) is 11.1. The summed E-state index contributed by atoms with van der Waals surface area (Å²) in [5.74, 6) is -7.16. The van der Waals surface area contributed by atoms with Crippen LogP contribution in [-0.2, 0) is 0 Å². The fourth-order valence-electron chi connectivity index (χ4n) is 2.31. The predicted octanol–water partition coefficient (Wildman–Crippen LogP) is 1.57. The van der Waals surface area contributed by atoms with Crippen LogP contribution in [0, 0.1) is 0 Å². The van der Waals surface area contributed by atoms with Crippen molar-refractivity contribution in [3.05, 3.63) is 41.0 Å². The summed E-state index contributed by atoms with van der Waals surface area (Å²) in [6.07, 6.45) is 0. The molecule has 0 radical (unpaired) electrons. The maximum atomic E-state index is 11.5. The minimum absolute atomic E-state index is 0.417. The Hall–Kier alpha value is -3.75. The van der Waals surface area contributed by atoms with Gasteiger partial charge in [0.05, 0.1) is 22.3 Å². The van der Waals surface area contributed by atoms with E-state index >= 15 is 0 Å². The van der Waals surface area contributed by atoms with E-state index in [1.807, 2.05) is 0 Å². The third kappa shape index (κ3) is 2.65. The van der Waals surface area contributed by atoms with Crippen molar-refractivity contribution in [3.63, 3.8) is 0 Å². The van der Waals surface area contributed by atoms with Crippen LogP contribution in [0.25, 0.3) is 11.1 Å². The molecule has 0 heterocycles. The quantitative estimate of drug-likeness (QED) is 0.485. The zero-order chi connectivity index (χ0) is 18.2. The molecule has 0 unspecified atom stereocenters. The lowest BCUT2D eigenvalue weighted by Crippen LogP contribution is -2.16. The summed E-state index contributed by atoms with van der Waals surface area (Å²) in [5, 5.41) is 56.6. The van der Waals surface area contributed by atoms with Gasteiger partial charge in [0.15, 0.2) is 0 Å². The Kier molecular flexibility index (Phi) is 4.02. The Labute approximate surface area is 133 Å². The van der Waals surface area contributed by atoms with Gasteiger partial charge in [-0.2, -0.15) is 0 Å². The highest BCUT2D eigenvalue weighted by atomic mass is 16.4. The molecular formula is C15H10O9. The highest BCUT2D eigenvalue weighted by molar-refractivity contribution is 6.13. The van der Waals surface area contributed by atoms with E-state index in [2.05, 4.69) is 0 Å². The van der Waals surface area contributed by atoms with Gasteiger partial charge in [-0.15, -0.1) is 0 Å². The third-order valence-electron chi connectivity index (χ3n) is 3.21. The topological polar surface area (TPSA) is 173 Å². The van der Waals surface area contributed by atoms with E-state index in [0.717, 1.165) is 24.3 Å². The first-order valence-electron chi connectivity index (χ1n) is 6.27. The van der Waals surface area contributed by atoms with Gasteiger partial charge in [-0.25, -0.2) is 14.4 Å². The SMILES string of the molecule is O=C(O)c1ccc(-c2c(O)cc(O)cc2O)c(C(=O)O)c1C(=O)O. The molecule has 124 valence electrons. The number of carboxylic acids is 3.